The van der Waals surface area contributed by atoms with E-state index in [1.807, 2.05) is 30.3 Å². The second-order valence-electron chi connectivity index (χ2n) is 7.08. The van der Waals surface area contributed by atoms with Crippen LogP contribution in [0.3, 0.4) is 0 Å². The molecule has 30 heavy (non-hydrogen) atoms. The molecule has 5 aromatic rings. The highest BCUT2D eigenvalue weighted by Gasteiger charge is 2.35. The molecule has 0 amide bonds. The lowest BCUT2D eigenvalue weighted by molar-refractivity contribution is -0.144. The summed E-state index contributed by atoms with van der Waals surface area (Å²) in [6.45, 7) is 3.57. The number of aromatic amines is 1. The first-order valence-electron chi connectivity index (χ1n) is 9.21. The Morgan fingerprint density at radius 2 is 1.80 bits per heavy atom. The number of para-hydroxylation sites is 1. The molecule has 150 valence electrons. The van der Waals surface area contributed by atoms with Gasteiger partial charge in [0.2, 0.25) is 5.82 Å². The molecule has 3 aromatic heterocycles. The van der Waals surface area contributed by atoms with Crippen molar-refractivity contribution in [2.24, 2.45) is 0 Å². The van der Waals surface area contributed by atoms with Crippen molar-refractivity contribution in [3.8, 4) is 22.3 Å². The van der Waals surface area contributed by atoms with Crippen LogP contribution < -0.4 is 0 Å². The van der Waals surface area contributed by atoms with E-state index in [4.69, 9.17) is 4.52 Å². The molecule has 0 aliphatic rings. The number of H-pyrrole nitrogens is 1. The van der Waals surface area contributed by atoms with E-state index in [0.717, 1.165) is 22.0 Å². The van der Waals surface area contributed by atoms with Crippen molar-refractivity contribution < 1.29 is 17.7 Å². The topological polar surface area (TPSA) is 67.6 Å². The van der Waals surface area contributed by atoms with E-state index in [-0.39, 0.29) is 11.0 Å². The van der Waals surface area contributed by atoms with Gasteiger partial charge in [-0.15, -0.1) is 0 Å². The number of hydrogen-bond acceptors (Lipinski definition) is 4. The first kappa shape index (κ1) is 18.4. The number of nitrogens with zero attached hydrogens (tertiary/aromatic N) is 3. The van der Waals surface area contributed by atoms with Crippen LogP contribution in [0.1, 0.15) is 17.3 Å². The Morgan fingerprint density at radius 3 is 2.53 bits per heavy atom. The lowest BCUT2D eigenvalue weighted by Crippen LogP contribution is -2.06. The van der Waals surface area contributed by atoms with Gasteiger partial charge in [0.05, 0.1) is 22.2 Å². The molecular weight excluding hydrogens is 393 g/mol. The summed E-state index contributed by atoms with van der Waals surface area (Å²) in [5, 5.41) is 4.81. The maximum Gasteiger partial charge on any atom is 0.449 e. The van der Waals surface area contributed by atoms with Crippen LogP contribution in [0.15, 0.2) is 53.2 Å². The normalized spacial score (nSPS) is 12.2. The monoisotopic (exact) mass is 408 g/mol. The first-order chi connectivity index (χ1) is 14.3. The maximum atomic E-state index is 13.4. The Labute approximate surface area is 168 Å². The fourth-order valence-electron chi connectivity index (χ4n) is 3.83. The molecule has 0 aliphatic heterocycles. The summed E-state index contributed by atoms with van der Waals surface area (Å²) < 4.78 is 45.4. The van der Waals surface area contributed by atoms with Crippen LogP contribution in [0.5, 0.6) is 0 Å². The number of nitrogens with one attached hydrogen (secondary N) is 1. The van der Waals surface area contributed by atoms with E-state index in [1.165, 1.54) is 0 Å². The zero-order chi connectivity index (χ0) is 21.0. The van der Waals surface area contributed by atoms with E-state index < -0.39 is 12.0 Å². The highest BCUT2D eigenvalue weighted by molar-refractivity contribution is 6.04. The van der Waals surface area contributed by atoms with Crippen molar-refractivity contribution in [3.05, 3.63) is 65.9 Å². The number of imidazole rings is 1. The summed E-state index contributed by atoms with van der Waals surface area (Å²) in [5.41, 5.74) is 4.72. The van der Waals surface area contributed by atoms with Crippen LogP contribution in [-0.4, -0.2) is 20.1 Å². The van der Waals surface area contributed by atoms with Gasteiger partial charge in [-0.05, 0) is 49.2 Å². The Kier molecular flexibility index (Phi) is 3.92. The van der Waals surface area contributed by atoms with Crippen LogP contribution >= 0.6 is 0 Å². The van der Waals surface area contributed by atoms with Gasteiger partial charge in [-0.1, -0.05) is 23.4 Å². The van der Waals surface area contributed by atoms with Crippen molar-refractivity contribution in [1.82, 2.24) is 20.1 Å². The van der Waals surface area contributed by atoms with Crippen molar-refractivity contribution in [2.45, 2.75) is 20.0 Å². The number of alkyl halides is 3. The van der Waals surface area contributed by atoms with Gasteiger partial charge in [0.25, 0.3) is 0 Å². The lowest BCUT2D eigenvalue weighted by Gasteiger charge is -2.10. The van der Waals surface area contributed by atoms with E-state index in [1.54, 1.807) is 32.2 Å². The third-order valence-electron chi connectivity index (χ3n) is 5.12. The van der Waals surface area contributed by atoms with Crippen LogP contribution in [0.2, 0.25) is 0 Å². The molecule has 1 N–H and O–H groups in total. The van der Waals surface area contributed by atoms with Gasteiger partial charge in [-0.3, -0.25) is 4.98 Å². The minimum absolute atomic E-state index is 0.245. The fourth-order valence-corrected chi connectivity index (χ4v) is 3.83. The summed E-state index contributed by atoms with van der Waals surface area (Å²) in [6, 6.07) is 12.8. The molecule has 0 saturated heterocycles. The fraction of sp³-hybridized carbons (Fsp3) is 0.136. The molecule has 0 bridgehead atoms. The number of aryl methyl sites for hydroxylation is 2. The number of fused-ring (bicyclic) bond motifs is 2. The van der Waals surface area contributed by atoms with E-state index in [2.05, 4.69) is 20.1 Å². The number of hydrogen-bond donors (Lipinski definition) is 1. The second-order valence-corrected chi connectivity index (χ2v) is 7.08. The van der Waals surface area contributed by atoms with Gasteiger partial charge in [-0.25, -0.2) is 4.98 Å². The van der Waals surface area contributed by atoms with Gasteiger partial charge < -0.3 is 9.51 Å². The summed E-state index contributed by atoms with van der Waals surface area (Å²) in [5.74, 6) is -0.444. The van der Waals surface area contributed by atoms with Crippen LogP contribution in [0, 0.1) is 13.8 Å². The number of pyridine rings is 1. The maximum absolute atomic E-state index is 13.4. The molecule has 8 heteroatoms. The Hall–Kier alpha value is -3.68. The average molecular weight is 408 g/mol. The van der Waals surface area contributed by atoms with Crippen LogP contribution in [0.25, 0.3) is 44.2 Å². The van der Waals surface area contributed by atoms with E-state index in [0.29, 0.717) is 22.6 Å². The smallest absolute Gasteiger partial charge is 0.361 e. The zero-order valence-corrected chi connectivity index (χ0v) is 16.0. The van der Waals surface area contributed by atoms with Gasteiger partial charge >= 0.3 is 6.18 Å². The van der Waals surface area contributed by atoms with Gasteiger partial charge in [0.1, 0.15) is 5.76 Å². The lowest BCUT2D eigenvalue weighted by atomic mass is 9.95. The molecule has 0 atom stereocenters. The molecule has 0 fully saturated rings. The third kappa shape index (κ3) is 2.83. The molecule has 3 heterocycles. The second kappa shape index (κ2) is 6.41. The van der Waals surface area contributed by atoms with Crippen molar-refractivity contribution in [1.29, 1.82) is 0 Å². The highest BCUT2D eigenvalue weighted by atomic mass is 19.4. The molecule has 0 unspecified atom stereocenters. The Balaban J connectivity index is 1.88. The standard InChI is InChI=1S/C22H15F3N4O/c1-11-19(12(2)30-29-11)13-9-16(14-7-8-26-17-6-4-3-5-15(14)17)20-18(10-13)27-21(28-20)22(23,24)25/h3-10H,1-2H3,(H,27,28). The van der Waals surface area contributed by atoms with Crippen molar-refractivity contribution in [2.75, 3.05) is 0 Å². The summed E-state index contributed by atoms with van der Waals surface area (Å²) in [4.78, 5) is 10.7. The average Bonchev–Trinajstić information content (AvgIpc) is 3.30. The SMILES string of the molecule is Cc1noc(C)c1-c1cc(-c2ccnc3ccccc23)c2nc(C(F)(F)F)[nH]c2c1. The quantitative estimate of drug-likeness (QED) is 0.385. The van der Waals surface area contributed by atoms with Gasteiger partial charge in [0.15, 0.2) is 0 Å². The van der Waals surface area contributed by atoms with Gasteiger partial charge in [-0.2, -0.15) is 13.2 Å². The number of benzene rings is 2. The summed E-state index contributed by atoms with van der Waals surface area (Å²) in [7, 11) is 0. The van der Waals surface area contributed by atoms with Crippen LogP contribution in [-0.2, 0) is 6.18 Å². The molecule has 2 aromatic carbocycles. The zero-order valence-electron chi connectivity index (χ0n) is 16.0. The van der Waals surface area contributed by atoms with Crippen LogP contribution in [0.4, 0.5) is 13.2 Å². The summed E-state index contributed by atoms with van der Waals surface area (Å²) >= 11 is 0. The molecule has 5 rings (SSSR count). The van der Waals surface area contributed by atoms with E-state index >= 15 is 0 Å². The minimum atomic E-state index is -4.58. The molecule has 0 radical (unpaired) electrons. The number of aromatic nitrogens is 4. The predicted molar refractivity (Wildman–Crippen MR) is 107 cm³/mol. The molecular formula is C22H15F3N4O. The first-order valence-corrected chi connectivity index (χ1v) is 9.21. The minimum Gasteiger partial charge on any atom is -0.361 e. The predicted octanol–water partition coefficient (Wildman–Crippen LogP) is 6.07. The van der Waals surface area contributed by atoms with E-state index in [9.17, 15) is 13.2 Å². The Bertz CT molecular complexity index is 1390. The molecule has 0 aliphatic carbocycles. The van der Waals surface area contributed by atoms with Crippen molar-refractivity contribution >= 4 is 21.9 Å². The Morgan fingerprint density at radius 1 is 1.00 bits per heavy atom. The number of halogens is 3. The summed E-state index contributed by atoms with van der Waals surface area (Å²) in [6.07, 6.45) is -2.94. The largest absolute Gasteiger partial charge is 0.449 e. The molecule has 0 saturated carbocycles. The molecule has 5 nitrogen and oxygen atoms in total. The van der Waals surface area contributed by atoms with Gasteiger partial charge in [0, 0.05) is 22.7 Å². The van der Waals surface area contributed by atoms with Crippen molar-refractivity contribution in [3.63, 3.8) is 0 Å². The third-order valence-corrected chi connectivity index (χ3v) is 5.12. The molecule has 0 spiro atoms. The number of rotatable bonds is 2. The highest BCUT2D eigenvalue weighted by Crippen LogP contribution is 2.39.